The number of ether oxygens (including phenoxy) is 1. The van der Waals surface area contributed by atoms with Crippen LogP contribution >= 0.6 is 11.6 Å². The Labute approximate surface area is 206 Å². The Morgan fingerprint density at radius 3 is 2.51 bits per heavy atom. The molecule has 3 aromatic rings. The van der Waals surface area contributed by atoms with Gasteiger partial charge in [-0.15, -0.1) is 0 Å². The minimum atomic E-state index is -4.54. The molecule has 6 nitrogen and oxygen atoms in total. The van der Waals surface area contributed by atoms with Crippen LogP contribution in [-0.2, 0) is 6.18 Å². The summed E-state index contributed by atoms with van der Waals surface area (Å²) < 4.78 is 45.1. The molecule has 0 spiro atoms. The molecule has 0 unspecified atom stereocenters. The van der Waals surface area contributed by atoms with Gasteiger partial charge in [-0.1, -0.05) is 11.6 Å². The summed E-state index contributed by atoms with van der Waals surface area (Å²) in [7, 11) is 1.52. The van der Waals surface area contributed by atoms with E-state index in [1.165, 1.54) is 19.2 Å². The third-order valence-electron chi connectivity index (χ3n) is 6.34. The van der Waals surface area contributed by atoms with Crippen LogP contribution in [0.4, 0.5) is 18.9 Å². The molecule has 0 atom stereocenters. The van der Waals surface area contributed by atoms with Gasteiger partial charge in [-0.3, -0.25) is 4.79 Å². The third-order valence-corrected chi connectivity index (χ3v) is 6.57. The Kier molecular flexibility index (Phi) is 7.35. The number of anilines is 1. The number of rotatable bonds is 6. The smallest absolute Gasteiger partial charge is 0.433 e. The van der Waals surface area contributed by atoms with E-state index in [1.54, 1.807) is 25.1 Å². The number of hydrogen-bond acceptors (Lipinski definition) is 5. The number of nitrogens with zero attached hydrogens (tertiary/aromatic N) is 2. The van der Waals surface area contributed by atoms with Gasteiger partial charge in [-0.05, 0) is 68.9 Å². The Morgan fingerprint density at radius 2 is 1.86 bits per heavy atom. The van der Waals surface area contributed by atoms with Crippen LogP contribution < -0.4 is 15.4 Å². The Morgan fingerprint density at radius 1 is 1.11 bits per heavy atom. The molecular weight excluding hydrogens is 481 g/mol. The first-order valence-electron chi connectivity index (χ1n) is 11.4. The van der Waals surface area contributed by atoms with E-state index in [4.69, 9.17) is 16.3 Å². The number of alkyl halides is 3. The maximum absolute atomic E-state index is 13.3. The summed E-state index contributed by atoms with van der Waals surface area (Å²) in [5.74, 6) is 0.557. The van der Waals surface area contributed by atoms with E-state index < -0.39 is 11.9 Å². The average Bonchev–Trinajstić information content (AvgIpc) is 2.82. The van der Waals surface area contributed by atoms with E-state index in [-0.39, 0.29) is 23.4 Å². The Balaban J connectivity index is 1.37. The molecule has 0 bridgehead atoms. The van der Waals surface area contributed by atoms with Gasteiger partial charge in [0.05, 0.1) is 23.9 Å². The Bertz CT molecular complexity index is 1230. The van der Waals surface area contributed by atoms with Crippen LogP contribution in [0.25, 0.3) is 10.9 Å². The summed E-state index contributed by atoms with van der Waals surface area (Å²) >= 11 is 6.07. The van der Waals surface area contributed by atoms with Gasteiger partial charge < -0.3 is 15.4 Å². The largest absolute Gasteiger partial charge is 0.481 e. The molecule has 1 aromatic carbocycles. The van der Waals surface area contributed by atoms with E-state index in [0.717, 1.165) is 31.7 Å². The number of hydrogen-bond donors (Lipinski definition) is 2. The fourth-order valence-electron chi connectivity index (χ4n) is 4.41. The highest BCUT2D eigenvalue weighted by Crippen LogP contribution is 2.34. The monoisotopic (exact) mass is 506 g/mol. The summed E-state index contributed by atoms with van der Waals surface area (Å²) in [5, 5.41) is 7.25. The van der Waals surface area contributed by atoms with Crippen molar-refractivity contribution >= 4 is 34.1 Å². The number of aryl methyl sites for hydroxylation is 1. The number of benzene rings is 1. The minimum absolute atomic E-state index is 0.0395. The van der Waals surface area contributed by atoms with Crippen LogP contribution in [0.5, 0.6) is 5.88 Å². The summed E-state index contributed by atoms with van der Waals surface area (Å²) in [4.78, 5) is 20.7. The molecule has 35 heavy (non-hydrogen) atoms. The van der Waals surface area contributed by atoms with Crippen LogP contribution in [0, 0.1) is 12.8 Å². The first-order chi connectivity index (χ1) is 16.6. The van der Waals surface area contributed by atoms with Crippen LogP contribution in [0.3, 0.4) is 0 Å². The van der Waals surface area contributed by atoms with E-state index in [1.807, 2.05) is 0 Å². The molecule has 2 N–H and O–H groups in total. The quantitative estimate of drug-likeness (QED) is 0.427. The zero-order valence-corrected chi connectivity index (χ0v) is 20.1. The lowest BCUT2D eigenvalue weighted by atomic mass is 9.85. The predicted octanol–water partition coefficient (Wildman–Crippen LogP) is 6.02. The van der Waals surface area contributed by atoms with Crippen molar-refractivity contribution in [1.82, 2.24) is 15.3 Å². The van der Waals surface area contributed by atoms with Crippen LogP contribution in [0.1, 0.15) is 47.4 Å². The van der Waals surface area contributed by atoms with E-state index in [9.17, 15) is 18.0 Å². The average molecular weight is 507 g/mol. The van der Waals surface area contributed by atoms with Crippen molar-refractivity contribution < 1.29 is 22.7 Å². The highest BCUT2D eigenvalue weighted by atomic mass is 35.5. The van der Waals surface area contributed by atoms with E-state index in [2.05, 4.69) is 20.6 Å². The first-order valence-corrected chi connectivity index (χ1v) is 11.8. The standard InChI is InChI=1S/C25H26ClF3N4O2/c1-14-18(8-10-23(31-14)35-2)24(34)32-17-6-3-15(4-7-17)13-30-21-12-22(25(27,28)29)33-20-9-5-16(26)11-19(20)21/h5,8-12,15,17H,3-4,6-7,13H2,1-2H3,(H,30,33)(H,32,34)/t15-,17+. The summed E-state index contributed by atoms with van der Waals surface area (Å²) in [6, 6.07) is 9.07. The lowest BCUT2D eigenvalue weighted by Gasteiger charge is -2.29. The predicted molar refractivity (Wildman–Crippen MR) is 129 cm³/mol. The van der Waals surface area contributed by atoms with Gasteiger partial charge in [0.2, 0.25) is 5.88 Å². The number of fused-ring (bicyclic) bond motifs is 1. The van der Waals surface area contributed by atoms with Crippen molar-refractivity contribution in [2.45, 2.75) is 44.8 Å². The SMILES string of the molecule is COc1ccc(C(=O)N[C@H]2CC[C@@H](CNc3cc(C(F)(F)F)nc4ccc(Cl)cc34)CC2)c(C)n1. The summed E-state index contributed by atoms with van der Waals surface area (Å²) in [5.41, 5.74) is 0.773. The van der Waals surface area contributed by atoms with Gasteiger partial charge in [-0.2, -0.15) is 13.2 Å². The first kappa shape index (κ1) is 25.0. The third kappa shape index (κ3) is 5.96. The molecule has 0 radical (unpaired) electrons. The molecule has 1 aliphatic carbocycles. The van der Waals surface area contributed by atoms with Gasteiger partial charge in [0, 0.05) is 34.7 Å². The second-order valence-corrected chi connectivity index (χ2v) is 9.21. The van der Waals surface area contributed by atoms with Gasteiger partial charge in [0.15, 0.2) is 0 Å². The molecule has 4 rings (SSSR count). The molecule has 1 saturated carbocycles. The molecule has 0 aliphatic heterocycles. The van der Waals surface area contributed by atoms with Crippen LogP contribution in [0.2, 0.25) is 5.02 Å². The van der Waals surface area contributed by atoms with Gasteiger partial charge >= 0.3 is 6.18 Å². The second-order valence-electron chi connectivity index (χ2n) is 8.77. The number of amides is 1. The normalized spacial score (nSPS) is 18.3. The highest BCUT2D eigenvalue weighted by molar-refractivity contribution is 6.31. The second kappa shape index (κ2) is 10.3. The van der Waals surface area contributed by atoms with Crippen molar-refractivity contribution in [3.8, 4) is 5.88 Å². The molecule has 186 valence electrons. The topological polar surface area (TPSA) is 76.1 Å². The number of carbonyl (C=O) groups excluding carboxylic acids is 1. The van der Waals surface area contributed by atoms with Gasteiger partial charge in [0.25, 0.3) is 5.91 Å². The molecule has 10 heteroatoms. The molecule has 1 aliphatic rings. The number of pyridine rings is 2. The van der Waals surface area contributed by atoms with Gasteiger partial charge in [-0.25, -0.2) is 9.97 Å². The van der Waals surface area contributed by atoms with Crippen molar-refractivity contribution in [3.63, 3.8) is 0 Å². The fraction of sp³-hybridized carbons (Fsp3) is 0.400. The number of nitrogens with one attached hydrogen (secondary N) is 2. The maximum Gasteiger partial charge on any atom is 0.433 e. The van der Waals surface area contributed by atoms with Crippen molar-refractivity contribution in [2.75, 3.05) is 19.0 Å². The number of methoxy groups -OCH3 is 1. The lowest BCUT2D eigenvalue weighted by molar-refractivity contribution is -0.140. The molecule has 1 amide bonds. The lowest BCUT2D eigenvalue weighted by Crippen LogP contribution is -2.38. The van der Waals surface area contributed by atoms with Crippen LogP contribution in [0.15, 0.2) is 36.4 Å². The minimum Gasteiger partial charge on any atom is -0.481 e. The summed E-state index contributed by atoms with van der Waals surface area (Å²) in [6.07, 6.45) is -1.28. The Hall–Kier alpha value is -3.07. The van der Waals surface area contributed by atoms with Crippen molar-refractivity contribution in [2.24, 2.45) is 5.92 Å². The zero-order chi connectivity index (χ0) is 25.2. The van der Waals surface area contributed by atoms with E-state index in [0.29, 0.717) is 39.8 Å². The molecule has 2 heterocycles. The van der Waals surface area contributed by atoms with Crippen molar-refractivity contribution in [3.05, 3.63) is 58.4 Å². The van der Waals surface area contributed by atoms with Crippen LogP contribution in [-0.4, -0.2) is 35.6 Å². The molecule has 1 fully saturated rings. The van der Waals surface area contributed by atoms with E-state index >= 15 is 0 Å². The molecule has 2 aromatic heterocycles. The van der Waals surface area contributed by atoms with Crippen molar-refractivity contribution in [1.29, 1.82) is 0 Å². The fourth-order valence-corrected chi connectivity index (χ4v) is 4.58. The maximum atomic E-state index is 13.3. The van der Waals surface area contributed by atoms with Gasteiger partial charge in [0.1, 0.15) is 5.69 Å². The highest BCUT2D eigenvalue weighted by Gasteiger charge is 2.33. The molecular formula is C25H26ClF3N4O2. The molecule has 0 saturated heterocycles. The number of aromatic nitrogens is 2. The zero-order valence-electron chi connectivity index (χ0n) is 19.4. The summed E-state index contributed by atoms with van der Waals surface area (Å²) in [6.45, 7) is 2.28. The number of carbonyl (C=O) groups is 1. The number of halogens is 4.